The Bertz CT molecular complexity index is 1060. The second kappa shape index (κ2) is 7.45. The fourth-order valence-corrected chi connectivity index (χ4v) is 4.32. The molecule has 6 atom stereocenters. The van der Waals surface area contributed by atoms with Crippen molar-refractivity contribution >= 4 is 39.1 Å². The zero-order chi connectivity index (χ0) is 21.7. The van der Waals surface area contributed by atoms with Crippen LogP contribution in [0.4, 0.5) is 21.8 Å². The number of phosphoric ester groups is 1. The minimum absolute atomic E-state index is 0.0217. The number of nitrogen functional groups attached to an aromatic ring is 1. The molecular formula is C11H15FN5O10P2+. The maximum Gasteiger partial charge on any atom is 0.493 e. The van der Waals surface area contributed by atoms with Crippen molar-refractivity contribution in [2.45, 2.75) is 24.6 Å². The van der Waals surface area contributed by atoms with Crippen LogP contribution < -0.4 is 16.2 Å². The van der Waals surface area contributed by atoms with E-state index in [1.165, 1.54) is 11.6 Å². The molecule has 0 aromatic carbocycles. The standard InChI is InChI=1S/C11H14FN5O10P2/c1-16-3-17(8-6(16)9(19)15-11(13)14-8)10-5(12)7(18)4(26-10)2-25-29(23,24)27-28(20,21)22/h4-5,7,10,18H,2H2,1H3,(H4-2,13,14,15,19,20,21,22,23,24)/p+1/t4-,5+,7?,10-/m1/s1. The number of ether oxygens (including phenoxy) is 1. The second-order valence-corrected chi connectivity index (χ2v) is 8.75. The number of fused-ring (bicyclic) bond motifs is 1. The summed E-state index contributed by atoms with van der Waals surface area (Å²) in [4.78, 5) is 46.4. The van der Waals surface area contributed by atoms with Crippen LogP contribution in [0.25, 0.3) is 0 Å². The highest BCUT2D eigenvalue weighted by molar-refractivity contribution is 7.60. The van der Waals surface area contributed by atoms with Crippen LogP contribution >= 0.6 is 15.6 Å². The molecule has 160 valence electrons. The van der Waals surface area contributed by atoms with Crippen LogP contribution in [0, 0.1) is 0 Å². The van der Waals surface area contributed by atoms with Crippen LogP contribution in [-0.4, -0.2) is 78.3 Å². The van der Waals surface area contributed by atoms with E-state index in [4.69, 9.17) is 15.4 Å². The smallest absolute Gasteiger partial charge is 0.493 e. The maximum atomic E-state index is 14.6. The van der Waals surface area contributed by atoms with Gasteiger partial charge in [-0.25, -0.2) is 13.3 Å². The first kappa shape index (κ1) is 21.9. The molecule has 3 heterocycles. The fourth-order valence-electron chi connectivity index (χ4n) is 2.75. The summed E-state index contributed by atoms with van der Waals surface area (Å²) in [6.07, 6.45) is -7.15. The average Bonchev–Trinajstić information content (AvgIpc) is 3.01. The normalized spacial score (nSPS) is 30.3. The molecule has 1 saturated heterocycles. The van der Waals surface area contributed by atoms with Crippen molar-refractivity contribution in [2.24, 2.45) is 0 Å². The van der Waals surface area contributed by atoms with Crippen LogP contribution in [0.2, 0.25) is 0 Å². The molecule has 0 bridgehead atoms. The third-order valence-electron chi connectivity index (χ3n) is 3.87. The van der Waals surface area contributed by atoms with Gasteiger partial charge in [0.2, 0.25) is 12.1 Å². The van der Waals surface area contributed by atoms with E-state index in [-0.39, 0.29) is 17.5 Å². The first-order chi connectivity index (χ1) is 13.3. The highest BCUT2D eigenvalue weighted by Crippen LogP contribution is 2.55. The van der Waals surface area contributed by atoms with Gasteiger partial charge in [0.25, 0.3) is 7.82 Å². The van der Waals surface area contributed by atoms with Crippen molar-refractivity contribution in [1.29, 1.82) is 0 Å². The van der Waals surface area contributed by atoms with Crippen molar-refractivity contribution in [2.75, 3.05) is 19.4 Å². The van der Waals surface area contributed by atoms with E-state index in [1.54, 1.807) is 0 Å². The van der Waals surface area contributed by atoms with Crippen LogP contribution in [0.15, 0.2) is 4.79 Å². The Balaban J connectivity index is 1.80. The third-order valence-corrected chi connectivity index (χ3v) is 6.00. The van der Waals surface area contributed by atoms with Crippen LogP contribution in [0.5, 0.6) is 0 Å². The number of aromatic amines is 1. The van der Waals surface area contributed by atoms with Crippen LogP contribution in [-0.2, 0) is 22.7 Å². The Kier molecular flexibility index (Phi) is 5.62. The summed E-state index contributed by atoms with van der Waals surface area (Å²) >= 11 is 0. The van der Waals surface area contributed by atoms with Crippen molar-refractivity contribution < 1.29 is 56.0 Å². The lowest BCUT2D eigenvalue weighted by Gasteiger charge is -2.20. The molecule has 2 aliphatic heterocycles. The van der Waals surface area contributed by atoms with Gasteiger partial charge >= 0.3 is 37.1 Å². The summed E-state index contributed by atoms with van der Waals surface area (Å²) in [5.74, 6) is -0.381. The highest BCUT2D eigenvalue weighted by atomic mass is 31.3. The maximum absolute atomic E-state index is 14.6. The minimum atomic E-state index is -5.60. The Hall–Kier alpha value is -1.83. The number of alkyl halides is 1. The summed E-state index contributed by atoms with van der Waals surface area (Å²) in [5, 5.41) is 10.0. The molecule has 1 fully saturated rings. The van der Waals surface area contributed by atoms with Gasteiger partial charge in [-0.15, -0.1) is 4.98 Å². The molecule has 1 aromatic rings. The summed E-state index contributed by atoms with van der Waals surface area (Å²) in [7, 11) is -9.47. The molecule has 18 heteroatoms. The van der Waals surface area contributed by atoms with Gasteiger partial charge in [0.1, 0.15) is 12.2 Å². The van der Waals surface area contributed by atoms with Crippen molar-refractivity contribution in [3.63, 3.8) is 0 Å². The van der Waals surface area contributed by atoms with E-state index < -0.39 is 52.4 Å². The number of nitrogens with zero attached hydrogens (tertiary/aromatic N) is 3. The van der Waals surface area contributed by atoms with Gasteiger partial charge in [-0.2, -0.15) is 0 Å². The lowest BCUT2D eigenvalue weighted by molar-refractivity contribution is -0.549. The van der Waals surface area contributed by atoms with E-state index >= 15 is 0 Å². The van der Waals surface area contributed by atoms with Gasteiger partial charge in [-0.05, 0) is 4.58 Å². The Morgan fingerprint density at radius 1 is 1.48 bits per heavy atom. The zero-order valence-electron chi connectivity index (χ0n) is 14.4. The largest absolute Gasteiger partial charge is 0.756 e. The number of nitrogens with one attached hydrogen (secondary N) is 1. The lowest BCUT2D eigenvalue weighted by atomic mass is 10.1. The first-order valence-corrected chi connectivity index (χ1v) is 10.7. The lowest BCUT2D eigenvalue weighted by Crippen LogP contribution is -2.34. The van der Waals surface area contributed by atoms with Gasteiger partial charge in [0, 0.05) is 0 Å². The number of rotatable bonds is 6. The molecule has 0 saturated carbocycles. The van der Waals surface area contributed by atoms with Crippen LogP contribution in [0.3, 0.4) is 0 Å². The number of hydrogen-bond donors (Lipinski definition) is 5. The number of aliphatic hydroxyl groups is 1. The van der Waals surface area contributed by atoms with Crippen LogP contribution in [0.1, 0.15) is 0 Å². The molecule has 1 aromatic heterocycles. The number of nitrogens with two attached hydrogens (primary N) is 1. The van der Waals surface area contributed by atoms with Crippen molar-refractivity contribution in [1.82, 2.24) is 9.97 Å². The monoisotopic (exact) mass is 458 g/mol. The van der Waals surface area contributed by atoms with Gasteiger partial charge in [0.15, 0.2) is 7.05 Å². The zero-order valence-corrected chi connectivity index (χ0v) is 16.2. The number of phosphoric acid groups is 2. The molecule has 29 heavy (non-hydrogen) atoms. The van der Waals surface area contributed by atoms with Gasteiger partial charge in [0.05, 0.1) is 6.61 Å². The minimum Gasteiger partial charge on any atom is -0.756 e. The molecule has 2 aliphatic rings. The molecule has 0 radical (unpaired) electrons. The summed E-state index contributed by atoms with van der Waals surface area (Å²) in [6, 6.07) is 2.58. The SMILES string of the molecule is C[N+]1=C=[N+]([C@@H]2O[C@H](COP(=O)(O)OP(=O)([O-])O)C(O)[C@@H]2F)c2nc(N)[nH]c(=O)c21. The number of anilines is 1. The number of halogens is 1. The molecule has 6 N–H and O–H groups in total. The second-order valence-electron chi connectivity index (χ2n) is 5.97. The predicted octanol–water partition coefficient (Wildman–Crippen LogP) is -2.52. The van der Waals surface area contributed by atoms with E-state index in [1.807, 2.05) is 0 Å². The van der Waals surface area contributed by atoms with E-state index in [9.17, 15) is 33.2 Å². The van der Waals surface area contributed by atoms with Crippen molar-refractivity contribution in [3.05, 3.63) is 10.4 Å². The molecule has 0 amide bonds. The number of aliphatic hydroxyl groups excluding tert-OH is 1. The van der Waals surface area contributed by atoms with E-state index in [0.717, 1.165) is 4.58 Å². The van der Waals surface area contributed by atoms with E-state index in [2.05, 4.69) is 24.8 Å². The summed E-state index contributed by atoms with van der Waals surface area (Å²) in [6.45, 7) is -0.979. The number of aromatic nitrogens is 2. The van der Waals surface area contributed by atoms with Gasteiger partial charge < -0.3 is 30.3 Å². The number of hydrogen-bond acceptors (Lipinski definition) is 10. The van der Waals surface area contributed by atoms with Gasteiger partial charge in [-0.3, -0.25) is 18.9 Å². The fraction of sp³-hybridized carbons (Fsp3) is 0.545. The molecule has 3 unspecified atom stereocenters. The molecular weight excluding hydrogens is 443 g/mol. The van der Waals surface area contributed by atoms with Gasteiger partial charge in [-0.1, -0.05) is 4.58 Å². The summed E-state index contributed by atoms with van der Waals surface area (Å²) < 4.78 is 51.8. The first-order valence-electron chi connectivity index (χ1n) is 7.68. The third kappa shape index (κ3) is 4.52. The predicted molar refractivity (Wildman–Crippen MR) is 86.3 cm³/mol. The van der Waals surface area contributed by atoms with E-state index in [0.29, 0.717) is 0 Å². The Morgan fingerprint density at radius 2 is 2.14 bits per heavy atom. The Labute approximate surface area is 160 Å². The average molecular weight is 458 g/mol. The molecule has 3 rings (SSSR count). The Morgan fingerprint density at radius 3 is 2.76 bits per heavy atom. The van der Waals surface area contributed by atoms with Crippen molar-refractivity contribution in [3.8, 4) is 0 Å². The molecule has 0 spiro atoms. The highest BCUT2D eigenvalue weighted by Gasteiger charge is 2.56. The quantitative estimate of drug-likeness (QED) is 0.220. The molecule has 0 aliphatic carbocycles. The number of H-pyrrole nitrogens is 1. The summed E-state index contributed by atoms with van der Waals surface area (Å²) in [5.41, 5.74) is 4.83. The molecule has 15 nitrogen and oxygen atoms in total. The topological polar surface area (TPSA) is 223 Å².